The van der Waals surface area contributed by atoms with E-state index >= 15 is 0 Å². The Bertz CT molecular complexity index is 1100. The second-order valence-corrected chi connectivity index (χ2v) is 8.70. The Morgan fingerprint density at radius 2 is 1.53 bits per heavy atom. The number of fused-ring (bicyclic) bond motifs is 1. The number of anilines is 2. The molecule has 152 valence electrons. The molecule has 2 fully saturated rings. The third-order valence-electron chi connectivity index (χ3n) is 6.23. The number of hydrogen-bond acceptors (Lipinski definition) is 2. The molecule has 0 radical (unpaired) electrons. The van der Waals surface area contributed by atoms with E-state index in [4.69, 9.17) is 23.2 Å². The van der Waals surface area contributed by atoms with Gasteiger partial charge in [-0.1, -0.05) is 35.3 Å². The van der Waals surface area contributed by atoms with Crippen LogP contribution in [0.15, 0.2) is 72.8 Å². The molecule has 1 heterocycles. The first-order chi connectivity index (χ1) is 14.5. The molecule has 4 nitrogen and oxygen atoms in total. The molecule has 2 atom stereocenters. The number of benzene rings is 3. The first kappa shape index (κ1) is 19.3. The van der Waals surface area contributed by atoms with Crippen molar-refractivity contribution in [1.82, 2.24) is 0 Å². The van der Waals surface area contributed by atoms with Crippen molar-refractivity contribution >= 4 is 40.6 Å². The zero-order valence-electron chi connectivity index (χ0n) is 16.1. The summed E-state index contributed by atoms with van der Waals surface area (Å²) in [5.74, 6) is 0.195. The van der Waals surface area contributed by atoms with Crippen molar-refractivity contribution < 1.29 is 9.90 Å². The van der Waals surface area contributed by atoms with Gasteiger partial charge in [0.2, 0.25) is 0 Å². The summed E-state index contributed by atoms with van der Waals surface area (Å²) in [7, 11) is 0. The summed E-state index contributed by atoms with van der Waals surface area (Å²) in [5, 5.41) is 11.5. The summed E-state index contributed by atoms with van der Waals surface area (Å²) >= 11 is 12.2. The number of hydrogen-bond donors (Lipinski definition) is 1. The maximum Gasteiger partial charge on any atom is 0.330 e. The number of phenolic OH excluding ortho intramolecular Hbond substituents is 1. The van der Waals surface area contributed by atoms with Gasteiger partial charge in [0, 0.05) is 21.4 Å². The fourth-order valence-corrected chi connectivity index (χ4v) is 5.30. The van der Waals surface area contributed by atoms with Crippen LogP contribution in [0.4, 0.5) is 16.2 Å². The Morgan fingerprint density at radius 1 is 0.900 bits per heavy atom. The first-order valence-corrected chi connectivity index (χ1v) is 10.7. The Hall–Kier alpha value is -2.69. The molecule has 0 spiro atoms. The van der Waals surface area contributed by atoms with Gasteiger partial charge in [-0.25, -0.2) is 4.79 Å². The van der Waals surface area contributed by atoms with E-state index in [0.717, 1.165) is 36.2 Å². The molecular formula is C24H20Cl2N2O2. The molecule has 3 aromatic rings. The Kier molecular flexibility index (Phi) is 4.64. The first-order valence-electron chi connectivity index (χ1n) is 9.95. The van der Waals surface area contributed by atoms with Crippen LogP contribution in [0.25, 0.3) is 0 Å². The van der Waals surface area contributed by atoms with Gasteiger partial charge in [-0.3, -0.25) is 9.80 Å². The zero-order chi connectivity index (χ0) is 20.9. The van der Waals surface area contributed by atoms with Gasteiger partial charge in [-0.2, -0.15) is 0 Å². The van der Waals surface area contributed by atoms with Crippen molar-refractivity contribution in [2.75, 3.05) is 9.80 Å². The van der Waals surface area contributed by atoms with Crippen LogP contribution >= 0.6 is 23.2 Å². The molecule has 1 saturated heterocycles. The highest BCUT2D eigenvalue weighted by Crippen LogP contribution is 2.54. The topological polar surface area (TPSA) is 43.8 Å². The third kappa shape index (κ3) is 2.86. The molecule has 2 aliphatic rings. The van der Waals surface area contributed by atoms with E-state index in [9.17, 15) is 9.90 Å². The van der Waals surface area contributed by atoms with Gasteiger partial charge in [-0.05, 0) is 85.5 Å². The quantitative estimate of drug-likeness (QED) is 0.500. The fraction of sp³-hybridized carbons (Fsp3) is 0.208. The molecule has 6 heteroatoms. The number of aromatic hydroxyl groups is 1. The molecule has 2 unspecified atom stereocenters. The lowest BCUT2D eigenvalue weighted by Crippen LogP contribution is -2.46. The Morgan fingerprint density at radius 3 is 2.17 bits per heavy atom. The molecule has 5 rings (SSSR count). The molecule has 30 heavy (non-hydrogen) atoms. The molecule has 1 N–H and O–H groups in total. The minimum absolute atomic E-state index is 0.0661. The summed E-state index contributed by atoms with van der Waals surface area (Å²) in [4.78, 5) is 17.6. The number of amides is 2. The average molecular weight is 439 g/mol. The van der Waals surface area contributed by atoms with Gasteiger partial charge in [0.05, 0.1) is 11.6 Å². The molecule has 1 aliphatic carbocycles. The lowest BCUT2D eigenvalue weighted by atomic mass is 9.83. The van der Waals surface area contributed by atoms with Crippen LogP contribution in [0.5, 0.6) is 5.75 Å². The van der Waals surface area contributed by atoms with Crippen LogP contribution in [0, 0.1) is 0 Å². The van der Waals surface area contributed by atoms with Crippen LogP contribution in [-0.2, 0) is 5.54 Å². The van der Waals surface area contributed by atoms with Crippen molar-refractivity contribution in [2.24, 2.45) is 0 Å². The van der Waals surface area contributed by atoms with Crippen LogP contribution in [0.2, 0.25) is 10.0 Å². The summed E-state index contributed by atoms with van der Waals surface area (Å²) < 4.78 is 0. The molecule has 2 amide bonds. The lowest BCUT2D eigenvalue weighted by molar-refractivity contribution is 0.253. The smallest absolute Gasteiger partial charge is 0.330 e. The second-order valence-electron chi connectivity index (χ2n) is 7.82. The largest absolute Gasteiger partial charge is 0.508 e. The molecular weight excluding hydrogens is 419 g/mol. The minimum Gasteiger partial charge on any atom is -0.508 e. The van der Waals surface area contributed by atoms with E-state index in [-0.39, 0.29) is 17.8 Å². The van der Waals surface area contributed by atoms with Crippen molar-refractivity contribution in [3.63, 3.8) is 0 Å². The maximum absolute atomic E-state index is 13.9. The molecule has 3 aromatic carbocycles. The van der Waals surface area contributed by atoms with Gasteiger partial charge >= 0.3 is 6.03 Å². The van der Waals surface area contributed by atoms with E-state index in [0.29, 0.717) is 10.0 Å². The standard InChI is InChI=1S/C24H20Cl2N2O2/c25-17-6-10-19(11-7-17)27-22-5-2-14-24(22,16-3-1-4-21(29)15-16)28(23(27)30)20-12-8-18(26)9-13-20/h1,3-4,6-13,15,22,29H,2,5,14H2. The highest BCUT2D eigenvalue weighted by Gasteiger charge is 2.61. The van der Waals surface area contributed by atoms with Crippen molar-refractivity contribution in [3.8, 4) is 5.75 Å². The predicted molar refractivity (Wildman–Crippen MR) is 121 cm³/mol. The van der Waals surface area contributed by atoms with Crippen LogP contribution in [0.1, 0.15) is 24.8 Å². The normalized spacial score (nSPS) is 23.1. The summed E-state index contributed by atoms with van der Waals surface area (Å²) in [6.07, 6.45) is 2.65. The zero-order valence-corrected chi connectivity index (χ0v) is 17.6. The van der Waals surface area contributed by atoms with Gasteiger partial charge in [-0.15, -0.1) is 0 Å². The van der Waals surface area contributed by atoms with E-state index in [1.165, 1.54) is 0 Å². The molecule has 1 aliphatic heterocycles. The van der Waals surface area contributed by atoms with Gasteiger partial charge in [0.1, 0.15) is 5.75 Å². The average Bonchev–Trinajstić information content (AvgIpc) is 3.26. The lowest BCUT2D eigenvalue weighted by Gasteiger charge is -2.38. The van der Waals surface area contributed by atoms with Crippen molar-refractivity contribution in [1.29, 1.82) is 0 Å². The predicted octanol–water partition coefficient (Wildman–Crippen LogP) is 6.59. The Labute approximate surface area is 185 Å². The highest BCUT2D eigenvalue weighted by atomic mass is 35.5. The summed E-state index contributed by atoms with van der Waals surface area (Å²) in [6, 6.07) is 21.9. The second kappa shape index (κ2) is 7.22. The monoisotopic (exact) mass is 438 g/mol. The third-order valence-corrected chi connectivity index (χ3v) is 6.73. The van der Waals surface area contributed by atoms with Gasteiger partial charge in [0.25, 0.3) is 0 Å². The van der Waals surface area contributed by atoms with Gasteiger partial charge in [0.15, 0.2) is 0 Å². The van der Waals surface area contributed by atoms with Gasteiger partial charge < -0.3 is 5.11 Å². The van der Waals surface area contributed by atoms with Crippen molar-refractivity contribution in [2.45, 2.75) is 30.8 Å². The number of carbonyl (C=O) groups is 1. The highest BCUT2D eigenvalue weighted by molar-refractivity contribution is 6.31. The van der Waals surface area contributed by atoms with E-state index in [1.54, 1.807) is 36.4 Å². The number of phenols is 1. The summed E-state index contributed by atoms with van der Waals surface area (Å²) in [6.45, 7) is 0. The van der Waals surface area contributed by atoms with Crippen LogP contribution < -0.4 is 9.80 Å². The number of rotatable bonds is 3. The molecule has 1 saturated carbocycles. The van der Waals surface area contributed by atoms with Crippen LogP contribution in [-0.4, -0.2) is 17.2 Å². The van der Waals surface area contributed by atoms with E-state index < -0.39 is 5.54 Å². The number of halogens is 2. The molecule has 0 bridgehead atoms. The van der Waals surface area contributed by atoms with E-state index in [1.807, 2.05) is 46.2 Å². The van der Waals surface area contributed by atoms with Crippen molar-refractivity contribution in [3.05, 3.63) is 88.4 Å². The summed E-state index contributed by atoms with van der Waals surface area (Å²) in [5.41, 5.74) is 1.96. The SMILES string of the molecule is O=C1N(c2ccc(Cl)cc2)C2CCCC2(c2cccc(O)c2)N1c1ccc(Cl)cc1. The number of urea groups is 1. The Balaban J connectivity index is 1.72. The fourth-order valence-electron chi connectivity index (χ4n) is 5.05. The minimum atomic E-state index is -0.580. The van der Waals surface area contributed by atoms with E-state index in [2.05, 4.69) is 0 Å². The van der Waals surface area contributed by atoms with Crippen LogP contribution in [0.3, 0.4) is 0 Å². The number of nitrogens with zero attached hydrogens (tertiary/aromatic N) is 2. The molecule has 0 aromatic heterocycles. The maximum atomic E-state index is 13.9. The number of carbonyl (C=O) groups excluding carboxylic acids is 1.